The molecular formula is C9H18O2. The van der Waals surface area contributed by atoms with E-state index in [-0.39, 0.29) is 0 Å². The summed E-state index contributed by atoms with van der Waals surface area (Å²) in [4.78, 5) is 0. The Labute approximate surface area is 68.9 Å². The Bertz CT molecular complexity index is 91.7. The summed E-state index contributed by atoms with van der Waals surface area (Å²) in [6.07, 6.45) is 6.91. The van der Waals surface area contributed by atoms with Crippen molar-refractivity contribution in [2.45, 2.75) is 44.3 Å². The lowest BCUT2D eigenvalue weighted by Gasteiger charge is -2.21. The van der Waals surface area contributed by atoms with Crippen LogP contribution in [0.25, 0.3) is 0 Å². The number of rotatable bonds is 2. The first-order valence-electron chi connectivity index (χ1n) is 4.44. The van der Waals surface area contributed by atoms with Crippen molar-refractivity contribution in [2.75, 3.05) is 14.2 Å². The highest BCUT2D eigenvalue weighted by molar-refractivity contribution is 4.73. The lowest BCUT2D eigenvalue weighted by molar-refractivity contribution is -0.0385. The molecule has 0 aromatic rings. The monoisotopic (exact) mass is 158 g/mol. The lowest BCUT2D eigenvalue weighted by atomic mass is 10.1. The van der Waals surface area contributed by atoms with Gasteiger partial charge in [-0.15, -0.1) is 0 Å². The van der Waals surface area contributed by atoms with Crippen molar-refractivity contribution < 1.29 is 9.47 Å². The van der Waals surface area contributed by atoms with Gasteiger partial charge in [0.25, 0.3) is 0 Å². The Morgan fingerprint density at radius 3 is 1.64 bits per heavy atom. The van der Waals surface area contributed by atoms with Gasteiger partial charge in [-0.2, -0.15) is 0 Å². The third-order valence-corrected chi connectivity index (χ3v) is 2.50. The van der Waals surface area contributed by atoms with Crippen LogP contribution in [0.1, 0.15) is 32.1 Å². The van der Waals surface area contributed by atoms with Crippen LogP contribution < -0.4 is 0 Å². The van der Waals surface area contributed by atoms with Gasteiger partial charge in [-0.1, -0.05) is 19.3 Å². The fourth-order valence-corrected chi connectivity index (χ4v) is 1.78. The van der Waals surface area contributed by atoms with E-state index >= 15 is 0 Å². The van der Waals surface area contributed by atoms with E-state index in [4.69, 9.17) is 9.47 Å². The van der Waals surface area contributed by atoms with E-state index in [1.807, 2.05) is 0 Å². The SMILES string of the molecule is COC1CCCCCC1OC. The Hall–Kier alpha value is -0.0800. The standard InChI is InChI=1S/C9H18O2/c1-10-8-6-4-3-5-7-9(8)11-2/h8-9H,3-7H2,1-2H3. The average Bonchev–Trinajstić information content (AvgIpc) is 2.27. The number of ether oxygens (including phenoxy) is 2. The zero-order valence-corrected chi connectivity index (χ0v) is 7.51. The summed E-state index contributed by atoms with van der Waals surface area (Å²) in [5.74, 6) is 0. The molecule has 11 heavy (non-hydrogen) atoms. The van der Waals surface area contributed by atoms with Gasteiger partial charge in [-0.3, -0.25) is 0 Å². The van der Waals surface area contributed by atoms with E-state index in [1.54, 1.807) is 14.2 Å². The molecule has 0 aliphatic heterocycles. The molecule has 0 aromatic carbocycles. The smallest absolute Gasteiger partial charge is 0.0832 e. The molecule has 66 valence electrons. The first kappa shape index (κ1) is 9.01. The van der Waals surface area contributed by atoms with Crippen LogP contribution in [0.3, 0.4) is 0 Å². The van der Waals surface area contributed by atoms with Gasteiger partial charge in [0, 0.05) is 14.2 Å². The second kappa shape index (κ2) is 4.73. The van der Waals surface area contributed by atoms with E-state index in [0.29, 0.717) is 12.2 Å². The Balaban J connectivity index is 2.41. The topological polar surface area (TPSA) is 18.5 Å². The second-order valence-electron chi connectivity index (χ2n) is 3.19. The minimum Gasteiger partial charge on any atom is -0.379 e. The van der Waals surface area contributed by atoms with Crippen LogP contribution in [0.2, 0.25) is 0 Å². The minimum atomic E-state index is 0.336. The Morgan fingerprint density at radius 2 is 1.27 bits per heavy atom. The summed E-state index contributed by atoms with van der Waals surface area (Å²) < 4.78 is 10.7. The van der Waals surface area contributed by atoms with Gasteiger partial charge in [0.1, 0.15) is 0 Å². The van der Waals surface area contributed by atoms with Gasteiger partial charge in [0.2, 0.25) is 0 Å². The van der Waals surface area contributed by atoms with Gasteiger partial charge >= 0.3 is 0 Å². The molecule has 0 bridgehead atoms. The zero-order chi connectivity index (χ0) is 8.10. The van der Waals surface area contributed by atoms with Crippen LogP contribution in [-0.4, -0.2) is 26.4 Å². The molecule has 0 N–H and O–H groups in total. The quantitative estimate of drug-likeness (QED) is 0.572. The lowest BCUT2D eigenvalue weighted by Crippen LogP contribution is -2.28. The van der Waals surface area contributed by atoms with Gasteiger partial charge in [-0.05, 0) is 12.8 Å². The van der Waals surface area contributed by atoms with Crippen molar-refractivity contribution in [2.24, 2.45) is 0 Å². The first-order valence-corrected chi connectivity index (χ1v) is 4.44. The van der Waals surface area contributed by atoms with Crippen molar-refractivity contribution in [3.63, 3.8) is 0 Å². The molecule has 0 amide bonds. The third kappa shape index (κ3) is 2.46. The molecular weight excluding hydrogens is 140 g/mol. The minimum absolute atomic E-state index is 0.336. The van der Waals surface area contributed by atoms with E-state index in [0.717, 1.165) is 12.8 Å². The Kier molecular flexibility index (Phi) is 3.87. The van der Waals surface area contributed by atoms with Gasteiger partial charge < -0.3 is 9.47 Å². The summed E-state index contributed by atoms with van der Waals surface area (Å²) >= 11 is 0. The normalized spacial score (nSPS) is 33.3. The number of hydrogen-bond donors (Lipinski definition) is 0. The van der Waals surface area contributed by atoms with Crippen LogP contribution in [-0.2, 0) is 9.47 Å². The summed E-state index contributed by atoms with van der Waals surface area (Å²) in [7, 11) is 3.56. The molecule has 1 rings (SSSR count). The highest BCUT2D eigenvalue weighted by Gasteiger charge is 2.22. The van der Waals surface area contributed by atoms with Crippen molar-refractivity contribution >= 4 is 0 Å². The highest BCUT2D eigenvalue weighted by Crippen LogP contribution is 2.21. The van der Waals surface area contributed by atoms with E-state index < -0.39 is 0 Å². The molecule has 2 unspecified atom stereocenters. The van der Waals surface area contributed by atoms with Crippen molar-refractivity contribution in [3.05, 3.63) is 0 Å². The maximum Gasteiger partial charge on any atom is 0.0832 e. The molecule has 0 spiro atoms. The molecule has 0 saturated heterocycles. The summed E-state index contributed by atoms with van der Waals surface area (Å²) in [6.45, 7) is 0. The molecule has 2 heteroatoms. The van der Waals surface area contributed by atoms with E-state index in [1.165, 1.54) is 19.3 Å². The van der Waals surface area contributed by atoms with Gasteiger partial charge in [-0.25, -0.2) is 0 Å². The van der Waals surface area contributed by atoms with Crippen molar-refractivity contribution in [3.8, 4) is 0 Å². The molecule has 1 aliphatic rings. The summed E-state index contributed by atoms with van der Waals surface area (Å²) in [5, 5.41) is 0. The molecule has 0 radical (unpaired) electrons. The zero-order valence-electron chi connectivity index (χ0n) is 7.51. The largest absolute Gasteiger partial charge is 0.379 e. The van der Waals surface area contributed by atoms with Crippen LogP contribution in [0.15, 0.2) is 0 Å². The fourth-order valence-electron chi connectivity index (χ4n) is 1.78. The molecule has 1 fully saturated rings. The maximum absolute atomic E-state index is 5.35. The van der Waals surface area contributed by atoms with Crippen LogP contribution in [0, 0.1) is 0 Å². The Morgan fingerprint density at radius 1 is 0.818 bits per heavy atom. The molecule has 1 aliphatic carbocycles. The summed E-state index contributed by atoms with van der Waals surface area (Å²) in [5.41, 5.74) is 0. The molecule has 2 atom stereocenters. The molecule has 1 saturated carbocycles. The second-order valence-corrected chi connectivity index (χ2v) is 3.19. The molecule has 0 aromatic heterocycles. The van der Waals surface area contributed by atoms with Crippen LogP contribution >= 0.6 is 0 Å². The first-order chi connectivity index (χ1) is 5.38. The average molecular weight is 158 g/mol. The van der Waals surface area contributed by atoms with Crippen molar-refractivity contribution in [1.82, 2.24) is 0 Å². The predicted octanol–water partition coefficient (Wildman–Crippen LogP) is 1.98. The maximum atomic E-state index is 5.35. The highest BCUT2D eigenvalue weighted by atomic mass is 16.5. The number of hydrogen-bond acceptors (Lipinski definition) is 2. The molecule has 0 heterocycles. The fraction of sp³-hybridized carbons (Fsp3) is 1.00. The van der Waals surface area contributed by atoms with Gasteiger partial charge in [0.15, 0.2) is 0 Å². The van der Waals surface area contributed by atoms with Gasteiger partial charge in [0.05, 0.1) is 12.2 Å². The van der Waals surface area contributed by atoms with E-state index in [9.17, 15) is 0 Å². The predicted molar refractivity (Wildman–Crippen MR) is 44.7 cm³/mol. The summed E-state index contributed by atoms with van der Waals surface area (Å²) in [6, 6.07) is 0. The molecule has 2 nitrogen and oxygen atoms in total. The number of methoxy groups -OCH3 is 2. The van der Waals surface area contributed by atoms with E-state index in [2.05, 4.69) is 0 Å². The van der Waals surface area contributed by atoms with Crippen molar-refractivity contribution in [1.29, 1.82) is 0 Å². The van der Waals surface area contributed by atoms with Crippen LogP contribution in [0.5, 0.6) is 0 Å². The van der Waals surface area contributed by atoms with Crippen LogP contribution in [0.4, 0.5) is 0 Å². The third-order valence-electron chi connectivity index (χ3n) is 2.50.